The van der Waals surface area contributed by atoms with Gasteiger partial charge in [-0.05, 0) is 47.9 Å². The molecule has 0 spiro atoms. The Kier molecular flexibility index (Phi) is 7.90. The molecule has 0 bridgehead atoms. The second-order valence-electron chi connectivity index (χ2n) is 10.1. The fourth-order valence-electron chi connectivity index (χ4n) is 5.12. The van der Waals surface area contributed by atoms with Crippen LogP contribution in [0.15, 0.2) is 60.7 Å². The molecule has 0 unspecified atom stereocenters. The molecule has 200 valence electrons. The summed E-state index contributed by atoms with van der Waals surface area (Å²) in [5.74, 6) is -0.962. The first-order valence-corrected chi connectivity index (χ1v) is 13.0. The zero-order valence-electron chi connectivity index (χ0n) is 21.6. The number of fused-ring (bicyclic) bond motifs is 1. The van der Waals surface area contributed by atoms with Crippen molar-refractivity contribution in [3.63, 3.8) is 0 Å². The fraction of sp³-hybridized carbons (Fsp3) is 0.367. The van der Waals surface area contributed by atoms with Crippen LogP contribution in [0.2, 0.25) is 0 Å². The lowest BCUT2D eigenvalue weighted by atomic mass is 9.96. The predicted molar refractivity (Wildman–Crippen MR) is 141 cm³/mol. The van der Waals surface area contributed by atoms with E-state index >= 15 is 0 Å². The summed E-state index contributed by atoms with van der Waals surface area (Å²) in [5.41, 5.74) is 3.84. The van der Waals surface area contributed by atoms with Gasteiger partial charge in [0.25, 0.3) is 12.3 Å². The van der Waals surface area contributed by atoms with Gasteiger partial charge in [0.05, 0.1) is 0 Å². The van der Waals surface area contributed by atoms with Gasteiger partial charge < -0.3 is 19.6 Å². The number of rotatable bonds is 7. The number of hydrogen-bond acceptors (Lipinski definition) is 5. The summed E-state index contributed by atoms with van der Waals surface area (Å²) in [6, 6.07) is 17.9. The molecule has 0 aromatic heterocycles. The highest BCUT2D eigenvalue weighted by Crippen LogP contribution is 2.36. The maximum absolute atomic E-state index is 13.7. The number of amides is 1. The number of halogens is 2. The van der Waals surface area contributed by atoms with Crippen molar-refractivity contribution in [2.75, 3.05) is 39.8 Å². The number of carbonyl (C=O) groups excluding carboxylic acids is 1. The third kappa shape index (κ3) is 5.97. The third-order valence-electron chi connectivity index (χ3n) is 7.38. The Morgan fingerprint density at radius 1 is 0.947 bits per heavy atom. The number of nitrogens with zero attached hydrogens (tertiary/aromatic N) is 3. The molecule has 1 fully saturated rings. The molecular formula is C30H33F2N3O3. The molecule has 2 heterocycles. The molecule has 3 aromatic carbocycles. The Morgan fingerprint density at radius 3 is 2.45 bits per heavy atom. The summed E-state index contributed by atoms with van der Waals surface area (Å²) < 4.78 is 32.8. The largest absolute Gasteiger partial charge is 0.507 e. The number of carbonyl (C=O) groups is 1. The molecule has 3 aromatic rings. The molecular weight excluding hydrogens is 488 g/mol. The minimum Gasteiger partial charge on any atom is -0.507 e. The molecule has 0 saturated carbocycles. The van der Waals surface area contributed by atoms with E-state index in [1.54, 1.807) is 4.90 Å². The minimum absolute atomic E-state index is 0.0382. The first-order chi connectivity index (χ1) is 18.4. The van der Waals surface area contributed by atoms with E-state index < -0.39 is 18.1 Å². The number of aromatic hydroxyl groups is 1. The number of hydrogen-bond donors (Lipinski definition) is 1. The van der Waals surface area contributed by atoms with Gasteiger partial charge in [-0.2, -0.15) is 0 Å². The molecule has 2 aliphatic rings. The smallest absolute Gasteiger partial charge is 0.264 e. The molecule has 1 saturated heterocycles. The van der Waals surface area contributed by atoms with Crippen LogP contribution in [0.25, 0.3) is 0 Å². The van der Waals surface area contributed by atoms with Gasteiger partial charge in [0, 0.05) is 51.4 Å². The van der Waals surface area contributed by atoms with E-state index in [1.165, 1.54) is 11.1 Å². The zero-order valence-corrected chi connectivity index (χ0v) is 21.6. The van der Waals surface area contributed by atoms with Crippen molar-refractivity contribution in [3.8, 4) is 11.5 Å². The molecule has 1 amide bonds. The van der Waals surface area contributed by atoms with Gasteiger partial charge in [0.1, 0.15) is 23.7 Å². The van der Waals surface area contributed by atoms with Gasteiger partial charge in [-0.15, -0.1) is 0 Å². The first-order valence-electron chi connectivity index (χ1n) is 13.0. The molecule has 8 heteroatoms. The zero-order chi connectivity index (χ0) is 26.6. The van der Waals surface area contributed by atoms with Crippen LogP contribution in [-0.2, 0) is 26.1 Å². The maximum atomic E-state index is 13.7. The number of piperazine rings is 1. The van der Waals surface area contributed by atoms with Gasteiger partial charge in [-0.3, -0.25) is 9.69 Å². The van der Waals surface area contributed by atoms with Gasteiger partial charge in [0.15, 0.2) is 0 Å². The van der Waals surface area contributed by atoms with Crippen LogP contribution < -0.4 is 4.74 Å². The first kappa shape index (κ1) is 26.1. The number of benzene rings is 3. The summed E-state index contributed by atoms with van der Waals surface area (Å²) in [4.78, 5) is 20.1. The topological polar surface area (TPSA) is 56.2 Å². The van der Waals surface area contributed by atoms with Crippen LogP contribution in [0.3, 0.4) is 0 Å². The summed E-state index contributed by atoms with van der Waals surface area (Å²) >= 11 is 0. The second-order valence-corrected chi connectivity index (χ2v) is 10.1. The predicted octanol–water partition coefficient (Wildman–Crippen LogP) is 4.85. The van der Waals surface area contributed by atoms with Crippen molar-refractivity contribution in [3.05, 3.63) is 94.0 Å². The van der Waals surface area contributed by atoms with Crippen molar-refractivity contribution in [1.29, 1.82) is 0 Å². The Bertz CT molecular complexity index is 1280. The van der Waals surface area contributed by atoms with Gasteiger partial charge in [-0.1, -0.05) is 48.5 Å². The van der Waals surface area contributed by atoms with E-state index in [1.807, 2.05) is 30.3 Å². The average molecular weight is 522 g/mol. The highest BCUT2D eigenvalue weighted by molar-refractivity contribution is 6.00. The van der Waals surface area contributed by atoms with E-state index in [0.29, 0.717) is 19.5 Å². The number of alkyl halides is 2. The molecule has 5 rings (SSSR count). The molecule has 0 radical (unpaired) electrons. The van der Waals surface area contributed by atoms with Gasteiger partial charge in [-0.25, -0.2) is 8.78 Å². The Morgan fingerprint density at radius 2 is 1.71 bits per heavy atom. The third-order valence-corrected chi connectivity index (χ3v) is 7.38. The van der Waals surface area contributed by atoms with Crippen molar-refractivity contribution in [2.24, 2.45) is 0 Å². The monoisotopic (exact) mass is 521 g/mol. The van der Waals surface area contributed by atoms with Gasteiger partial charge >= 0.3 is 0 Å². The summed E-state index contributed by atoms with van der Waals surface area (Å²) in [6.07, 6.45) is -2.11. The standard InChI is InChI=1S/C30H33F2N3O3/c1-33-11-13-34(14-12-33)18-22-7-8-23-9-10-35(19-25(23)15-22)30(37)28-26(36)16-24(29(31)32)17-27(28)38-20-21-5-3-2-4-6-21/h2-8,15-17,29,36H,9-14,18-20H2,1H3. The summed E-state index contributed by atoms with van der Waals surface area (Å²) in [5, 5.41) is 10.7. The Hall–Kier alpha value is -3.49. The summed E-state index contributed by atoms with van der Waals surface area (Å²) in [6.45, 7) is 5.96. The number of phenolic OH excluding ortho intramolecular Hbond substituents is 1. The van der Waals surface area contributed by atoms with Crippen LogP contribution >= 0.6 is 0 Å². The summed E-state index contributed by atoms with van der Waals surface area (Å²) in [7, 11) is 2.14. The molecule has 0 atom stereocenters. The lowest BCUT2D eigenvalue weighted by molar-refractivity contribution is 0.0725. The van der Waals surface area contributed by atoms with Crippen LogP contribution in [0.4, 0.5) is 8.78 Å². The van der Waals surface area contributed by atoms with E-state index in [9.17, 15) is 18.7 Å². The lowest BCUT2D eigenvalue weighted by Crippen LogP contribution is -2.43. The van der Waals surface area contributed by atoms with E-state index in [2.05, 4.69) is 35.0 Å². The second kappa shape index (κ2) is 11.5. The van der Waals surface area contributed by atoms with E-state index in [0.717, 1.165) is 56.0 Å². The van der Waals surface area contributed by atoms with E-state index in [-0.39, 0.29) is 23.5 Å². The Labute approximate surface area is 222 Å². The fourth-order valence-corrected chi connectivity index (χ4v) is 5.12. The van der Waals surface area contributed by atoms with Crippen molar-refractivity contribution >= 4 is 5.91 Å². The van der Waals surface area contributed by atoms with Crippen LogP contribution in [-0.4, -0.2) is 65.5 Å². The number of likely N-dealkylation sites (N-methyl/N-ethyl adjacent to an activating group) is 1. The highest BCUT2D eigenvalue weighted by Gasteiger charge is 2.29. The van der Waals surface area contributed by atoms with Gasteiger partial charge in [0.2, 0.25) is 0 Å². The van der Waals surface area contributed by atoms with E-state index in [4.69, 9.17) is 4.74 Å². The molecule has 38 heavy (non-hydrogen) atoms. The van der Waals surface area contributed by atoms with Crippen LogP contribution in [0.1, 0.15) is 44.6 Å². The van der Waals surface area contributed by atoms with Crippen LogP contribution in [0.5, 0.6) is 11.5 Å². The van der Waals surface area contributed by atoms with Crippen molar-refractivity contribution in [1.82, 2.24) is 14.7 Å². The molecule has 6 nitrogen and oxygen atoms in total. The van der Waals surface area contributed by atoms with Crippen molar-refractivity contribution < 1.29 is 23.4 Å². The van der Waals surface area contributed by atoms with Crippen LogP contribution in [0, 0.1) is 0 Å². The Balaban J connectivity index is 1.35. The SMILES string of the molecule is CN1CCN(Cc2ccc3c(c2)CN(C(=O)c2c(O)cc(C(F)F)cc2OCc2ccccc2)CC3)CC1. The van der Waals surface area contributed by atoms with Crippen molar-refractivity contribution in [2.45, 2.75) is 32.5 Å². The molecule has 1 N–H and O–H groups in total. The lowest BCUT2D eigenvalue weighted by Gasteiger charge is -2.33. The minimum atomic E-state index is -2.80. The quantitative estimate of drug-likeness (QED) is 0.482. The normalized spacial score (nSPS) is 16.5. The highest BCUT2D eigenvalue weighted by atomic mass is 19.3. The average Bonchev–Trinajstić information content (AvgIpc) is 2.92. The molecule has 0 aliphatic carbocycles. The maximum Gasteiger partial charge on any atom is 0.264 e. The molecule has 2 aliphatic heterocycles. The number of phenols is 1. The number of ether oxygens (including phenoxy) is 1.